The Hall–Kier alpha value is -2.18. The summed E-state index contributed by atoms with van der Waals surface area (Å²) in [6.45, 7) is 0.357. The largest absolute Gasteiger partial charge is 0.434 e. The van der Waals surface area contributed by atoms with Crippen LogP contribution < -0.4 is 5.32 Å². The van der Waals surface area contributed by atoms with Gasteiger partial charge in [0.2, 0.25) is 0 Å². The minimum atomic E-state index is -5.75. The lowest BCUT2D eigenvalue weighted by atomic mass is 9.97. The summed E-state index contributed by atoms with van der Waals surface area (Å²) in [5, 5.41) is 3.08. The third-order valence-electron chi connectivity index (χ3n) is 4.56. The van der Waals surface area contributed by atoms with E-state index in [9.17, 15) is 39.6 Å². The van der Waals surface area contributed by atoms with Crippen LogP contribution in [0.3, 0.4) is 0 Å². The van der Waals surface area contributed by atoms with Gasteiger partial charge in [0.15, 0.2) is 9.84 Å². The van der Waals surface area contributed by atoms with E-state index in [1.165, 1.54) is 12.1 Å². The van der Waals surface area contributed by atoms with Gasteiger partial charge in [-0.15, -0.1) is 0 Å². The standard InChI is InChI=1S/C17H20F6N2O4S/c1-30(27,28)13-4-2-12(3-5-13)24-10-11-6-8-25(9-7-11)15(26)29-14(16(18,19)20)17(21,22)23/h2-5,11,14,24H,6-10H2,1H3. The van der Waals surface area contributed by atoms with Gasteiger partial charge in [-0.1, -0.05) is 0 Å². The number of benzene rings is 1. The van der Waals surface area contributed by atoms with Crippen molar-refractivity contribution >= 4 is 21.6 Å². The maximum Gasteiger partial charge on any atom is 0.434 e. The number of alkyl halides is 6. The van der Waals surface area contributed by atoms with Crippen LogP contribution in [-0.4, -0.2) is 63.8 Å². The van der Waals surface area contributed by atoms with Crippen LogP contribution in [0.25, 0.3) is 0 Å². The highest BCUT2D eigenvalue weighted by atomic mass is 32.2. The van der Waals surface area contributed by atoms with E-state index in [2.05, 4.69) is 10.1 Å². The zero-order chi connectivity index (χ0) is 22.7. The molecular weight excluding hydrogens is 442 g/mol. The van der Waals surface area contributed by atoms with Crippen LogP contribution in [0.5, 0.6) is 0 Å². The highest BCUT2D eigenvalue weighted by molar-refractivity contribution is 7.90. The predicted octanol–water partition coefficient (Wildman–Crippen LogP) is 3.84. The molecule has 1 saturated heterocycles. The number of piperidine rings is 1. The molecule has 0 saturated carbocycles. The fourth-order valence-corrected chi connectivity index (χ4v) is 3.53. The zero-order valence-corrected chi connectivity index (χ0v) is 16.6. The lowest BCUT2D eigenvalue weighted by Gasteiger charge is -2.33. The molecule has 170 valence electrons. The Morgan fingerprint density at radius 1 is 1.10 bits per heavy atom. The molecule has 6 nitrogen and oxygen atoms in total. The maximum absolute atomic E-state index is 12.5. The van der Waals surface area contributed by atoms with Crippen LogP contribution in [-0.2, 0) is 14.6 Å². The second kappa shape index (κ2) is 8.90. The van der Waals surface area contributed by atoms with Gasteiger partial charge >= 0.3 is 18.4 Å². The molecule has 13 heteroatoms. The van der Waals surface area contributed by atoms with Gasteiger partial charge in [-0.25, -0.2) is 13.2 Å². The third kappa shape index (κ3) is 6.67. The first-order valence-electron chi connectivity index (χ1n) is 8.81. The van der Waals surface area contributed by atoms with Gasteiger partial charge in [0.1, 0.15) is 0 Å². The molecule has 1 aliphatic heterocycles. The SMILES string of the molecule is CS(=O)(=O)c1ccc(NCC2CCN(C(=O)OC(C(F)(F)F)C(F)(F)F)CC2)cc1. The molecule has 0 aliphatic carbocycles. The van der Waals surface area contributed by atoms with Crippen molar-refractivity contribution in [1.29, 1.82) is 0 Å². The fourth-order valence-electron chi connectivity index (χ4n) is 2.90. The first-order valence-corrected chi connectivity index (χ1v) is 10.7. The molecule has 0 aromatic heterocycles. The van der Waals surface area contributed by atoms with E-state index in [-0.39, 0.29) is 23.9 Å². The molecular formula is C17H20F6N2O4S. The van der Waals surface area contributed by atoms with E-state index in [0.717, 1.165) is 11.2 Å². The van der Waals surface area contributed by atoms with Gasteiger partial charge in [0, 0.05) is 31.6 Å². The number of anilines is 1. The van der Waals surface area contributed by atoms with Crippen molar-refractivity contribution in [3.63, 3.8) is 0 Å². The van der Waals surface area contributed by atoms with Crippen molar-refractivity contribution in [3.8, 4) is 0 Å². The van der Waals surface area contributed by atoms with Gasteiger partial charge in [-0.2, -0.15) is 26.3 Å². The van der Waals surface area contributed by atoms with E-state index in [4.69, 9.17) is 0 Å². The molecule has 0 radical (unpaired) electrons. The lowest BCUT2D eigenvalue weighted by molar-refractivity contribution is -0.308. The van der Waals surface area contributed by atoms with Crippen molar-refractivity contribution in [3.05, 3.63) is 24.3 Å². The van der Waals surface area contributed by atoms with Crippen LogP contribution >= 0.6 is 0 Å². The average Bonchev–Trinajstić information content (AvgIpc) is 2.62. The molecule has 30 heavy (non-hydrogen) atoms. The number of likely N-dealkylation sites (tertiary alicyclic amines) is 1. The molecule has 1 amide bonds. The number of nitrogens with zero attached hydrogens (tertiary/aromatic N) is 1. The molecule has 0 spiro atoms. The second-order valence-electron chi connectivity index (χ2n) is 6.95. The molecule has 1 fully saturated rings. The maximum atomic E-state index is 12.5. The molecule has 0 atom stereocenters. The Morgan fingerprint density at radius 2 is 1.60 bits per heavy atom. The Morgan fingerprint density at radius 3 is 2.03 bits per heavy atom. The number of sulfone groups is 1. The minimum Gasteiger partial charge on any atom is -0.426 e. The minimum absolute atomic E-state index is 0.0182. The number of ether oxygens (including phenoxy) is 1. The van der Waals surface area contributed by atoms with E-state index >= 15 is 0 Å². The topological polar surface area (TPSA) is 75.7 Å². The summed E-state index contributed by atoms with van der Waals surface area (Å²) >= 11 is 0. The summed E-state index contributed by atoms with van der Waals surface area (Å²) in [6, 6.07) is 6.04. The first-order chi connectivity index (χ1) is 13.7. The fraction of sp³-hybridized carbons (Fsp3) is 0.588. The normalized spacial score (nSPS) is 16.6. The van der Waals surface area contributed by atoms with Crippen molar-refractivity contribution in [2.75, 3.05) is 31.2 Å². The molecule has 1 aliphatic rings. The number of carbonyl (C=O) groups is 1. The molecule has 1 aromatic rings. The Balaban J connectivity index is 1.83. The Kier molecular flexibility index (Phi) is 7.15. The summed E-state index contributed by atoms with van der Waals surface area (Å²) in [5.74, 6) is 0.0182. The number of halogens is 6. The summed E-state index contributed by atoms with van der Waals surface area (Å²) in [4.78, 5) is 12.7. The molecule has 1 heterocycles. The van der Waals surface area contributed by atoms with Crippen molar-refractivity contribution in [2.24, 2.45) is 5.92 Å². The number of hydrogen-bond donors (Lipinski definition) is 1. The first kappa shape index (κ1) is 24.1. The van der Waals surface area contributed by atoms with Gasteiger partial charge in [0.25, 0.3) is 6.10 Å². The molecule has 0 unspecified atom stereocenters. The molecule has 1 aromatic carbocycles. The molecule has 1 N–H and O–H groups in total. The van der Waals surface area contributed by atoms with E-state index in [0.29, 0.717) is 25.1 Å². The predicted molar refractivity (Wildman–Crippen MR) is 94.7 cm³/mol. The van der Waals surface area contributed by atoms with Gasteiger partial charge in [0.05, 0.1) is 4.90 Å². The summed E-state index contributed by atoms with van der Waals surface area (Å²) in [6.07, 6.45) is -15.5. The van der Waals surface area contributed by atoms with Crippen LogP contribution in [0.15, 0.2) is 29.2 Å². The lowest BCUT2D eigenvalue weighted by Crippen LogP contribution is -2.49. The van der Waals surface area contributed by atoms with Gasteiger partial charge < -0.3 is 15.0 Å². The highest BCUT2D eigenvalue weighted by Crippen LogP contribution is 2.36. The van der Waals surface area contributed by atoms with Crippen molar-refractivity contribution in [1.82, 2.24) is 4.90 Å². The van der Waals surface area contributed by atoms with Crippen molar-refractivity contribution in [2.45, 2.75) is 36.2 Å². The summed E-state index contributed by atoms with van der Waals surface area (Å²) in [7, 11) is -3.31. The summed E-state index contributed by atoms with van der Waals surface area (Å²) < 4.78 is 102. The zero-order valence-electron chi connectivity index (χ0n) is 15.8. The molecule has 2 rings (SSSR count). The average molecular weight is 462 g/mol. The Bertz CT molecular complexity index is 817. The number of amides is 1. The monoisotopic (exact) mass is 462 g/mol. The smallest absolute Gasteiger partial charge is 0.426 e. The van der Waals surface area contributed by atoms with E-state index in [1.54, 1.807) is 12.1 Å². The van der Waals surface area contributed by atoms with Crippen LogP contribution in [0.1, 0.15) is 12.8 Å². The van der Waals surface area contributed by atoms with Crippen LogP contribution in [0.4, 0.5) is 36.8 Å². The van der Waals surface area contributed by atoms with Crippen LogP contribution in [0.2, 0.25) is 0 Å². The van der Waals surface area contributed by atoms with E-state index in [1.807, 2.05) is 0 Å². The molecule has 0 bridgehead atoms. The number of rotatable bonds is 5. The number of nitrogens with one attached hydrogen (secondary N) is 1. The summed E-state index contributed by atoms with van der Waals surface area (Å²) in [5.41, 5.74) is 0.655. The van der Waals surface area contributed by atoms with Crippen LogP contribution in [0, 0.1) is 5.92 Å². The Labute approximate surface area is 169 Å². The number of hydrogen-bond acceptors (Lipinski definition) is 5. The quantitative estimate of drug-likeness (QED) is 0.673. The van der Waals surface area contributed by atoms with Gasteiger partial charge in [-0.3, -0.25) is 0 Å². The van der Waals surface area contributed by atoms with Gasteiger partial charge in [-0.05, 0) is 43.0 Å². The second-order valence-corrected chi connectivity index (χ2v) is 8.97. The third-order valence-corrected chi connectivity index (χ3v) is 5.69. The van der Waals surface area contributed by atoms with Crippen molar-refractivity contribution < 1.29 is 44.3 Å². The number of carbonyl (C=O) groups excluding carboxylic acids is 1. The van der Waals surface area contributed by atoms with E-state index < -0.39 is 34.4 Å². The highest BCUT2D eigenvalue weighted by Gasteiger charge is 2.60.